The molecule has 7 heteroatoms. The van der Waals surface area contributed by atoms with Crippen LogP contribution in [0.5, 0.6) is 5.75 Å². The van der Waals surface area contributed by atoms with Gasteiger partial charge in [0.05, 0.1) is 30.3 Å². The van der Waals surface area contributed by atoms with Gasteiger partial charge in [0.2, 0.25) is 0 Å². The number of fused-ring (bicyclic) bond motifs is 1. The first-order chi connectivity index (χ1) is 13.2. The third kappa shape index (κ3) is 3.67. The molecule has 3 N–H and O–H groups in total. The van der Waals surface area contributed by atoms with E-state index in [4.69, 9.17) is 4.74 Å². The fourth-order valence-electron chi connectivity index (χ4n) is 2.97. The Labute approximate surface area is 156 Å². The normalized spacial score (nSPS) is 13.3. The van der Waals surface area contributed by atoms with Crippen LogP contribution in [-0.4, -0.2) is 35.7 Å². The van der Waals surface area contributed by atoms with E-state index in [1.165, 1.54) is 0 Å². The SMILES string of the molecule is COc1ccc(NN=Cc2cc(-c3cc4c([nH]3)CCNC4=O)ccn2)cc1. The number of amides is 1. The third-order valence-electron chi connectivity index (χ3n) is 4.38. The van der Waals surface area contributed by atoms with E-state index in [-0.39, 0.29) is 5.91 Å². The monoisotopic (exact) mass is 361 g/mol. The highest BCUT2D eigenvalue weighted by molar-refractivity contribution is 5.97. The molecule has 7 nitrogen and oxygen atoms in total. The molecule has 136 valence electrons. The minimum atomic E-state index is -0.0294. The zero-order valence-corrected chi connectivity index (χ0v) is 14.8. The Hall–Kier alpha value is -3.61. The van der Waals surface area contributed by atoms with E-state index in [9.17, 15) is 4.79 Å². The summed E-state index contributed by atoms with van der Waals surface area (Å²) in [7, 11) is 1.63. The molecule has 2 aromatic heterocycles. The Balaban J connectivity index is 1.50. The summed E-state index contributed by atoms with van der Waals surface area (Å²) in [5.74, 6) is 0.763. The van der Waals surface area contributed by atoms with Crippen LogP contribution in [0.4, 0.5) is 5.69 Å². The van der Waals surface area contributed by atoms with Gasteiger partial charge in [-0.1, -0.05) is 0 Å². The number of carbonyl (C=O) groups is 1. The molecule has 3 aromatic rings. The number of carbonyl (C=O) groups excluding carboxylic acids is 1. The van der Waals surface area contributed by atoms with Crippen molar-refractivity contribution in [2.75, 3.05) is 19.1 Å². The minimum Gasteiger partial charge on any atom is -0.497 e. The number of H-pyrrole nitrogens is 1. The highest BCUT2D eigenvalue weighted by Gasteiger charge is 2.19. The first-order valence-electron chi connectivity index (χ1n) is 8.62. The van der Waals surface area contributed by atoms with Gasteiger partial charge in [0, 0.05) is 36.1 Å². The van der Waals surface area contributed by atoms with Crippen LogP contribution >= 0.6 is 0 Å². The van der Waals surface area contributed by atoms with E-state index in [0.717, 1.165) is 34.8 Å². The Morgan fingerprint density at radius 2 is 2.07 bits per heavy atom. The molecule has 0 aliphatic carbocycles. The number of aromatic amines is 1. The lowest BCUT2D eigenvalue weighted by atomic mass is 10.1. The van der Waals surface area contributed by atoms with Crippen LogP contribution in [0.15, 0.2) is 53.8 Å². The van der Waals surface area contributed by atoms with E-state index in [1.807, 2.05) is 42.5 Å². The van der Waals surface area contributed by atoms with E-state index in [2.05, 4.69) is 25.8 Å². The van der Waals surface area contributed by atoms with Gasteiger partial charge in [-0.25, -0.2) is 0 Å². The number of anilines is 1. The Morgan fingerprint density at radius 1 is 1.22 bits per heavy atom. The number of aromatic nitrogens is 2. The molecule has 3 heterocycles. The van der Waals surface area contributed by atoms with Crippen molar-refractivity contribution >= 4 is 17.8 Å². The fourth-order valence-corrected chi connectivity index (χ4v) is 2.97. The average Bonchev–Trinajstić information content (AvgIpc) is 3.15. The first-order valence-corrected chi connectivity index (χ1v) is 8.62. The van der Waals surface area contributed by atoms with Crippen LogP contribution < -0.4 is 15.5 Å². The van der Waals surface area contributed by atoms with Gasteiger partial charge in [0.15, 0.2) is 0 Å². The quantitative estimate of drug-likeness (QED) is 0.481. The molecule has 0 saturated heterocycles. The molecule has 0 unspecified atom stereocenters. The molecule has 0 bridgehead atoms. The molecular weight excluding hydrogens is 342 g/mol. The molecule has 1 amide bonds. The van der Waals surface area contributed by atoms with Crippen LogP contribution in [0.2, 0.25) is 0 Å². The number of benzene rings is 1. The number of hydrogen-bond donors (Lipinski definition) is 3. The number of nitrogens with one attached hydrogen (secondary N) is 3. The van der Waals surface area contributed by atoms with Crippen molar-refractivity contribution in [2.45, 2.75) is 6.42 Å². The molecule has 1 aliphatic rings. The fraction of sp³-hybridized carbons (Fsp3) is 0.150. The average molecular weight is 361 g/mol. The van der Waals surface area contributed by atoms with Gasteiger partial charge < -0.3 is 15.0 Å². The molecule has 4 rings (SSSR count). The molecule has 0 atom stereocenters. The number of methoxy groups -OCH3 is 1. The van der Waals surface area contributed by atoms with Crippen molar-refractivity contribution in [3.8, 4) is 17.0 Å². The number of hydrogen-bond acceptors (Lipinski definition) is 5. The van der Waals surface area contributed by atoms with Gasteiger partial charge in [-0.15, -0.1) is 0 Å². The highest BCUT2D eigenvalue weighted by Crippen LogP contribution is 2.24. The molecule has 0 radical (unpaired) electrons. The van der Waals surface area contributed by atoms with Crippen LogP contribution in [0, 0.1) is 0 Å². The maximum absolute atomic E-state index is 11.9. The Bertz CT molecular complexity index is 992. The summed E-state index contributed by atoms with van der Waals surface area (Å²) in [5, 5.41) is 7.08. The molecule has 0 fully saturated rings. The van der Waals surface area contributed by atoms with Crippen molar-refractivity contribution in [1.29, 1.82) is 0 Å². The van der Waals surface area contributed by atoms with Gasteiger partial charge in [-0.05, 0) is 42.5 Å². The van der Waals surface area contributed by atoms with Crippen molar-refractivity contribution in [3.05, 3.63) is 65.6 Å². The lowest BCUT2D eigenvalue weighted by molar-refractivity contribution is 0.0946. The number of ether oxygens (including phenoxy) is 1. The molecule has 27 heavy (non-hydrogen) atoms. The second-order valence-corrected chi connectivity index (χ2v) is 6.15. The highest BCUT2D eigenvalue weighted by atomic mass is 16.5. The summed E-state index contributed by atoms with van der Waals surface area (Å²) in [6.45, 7) is 0.664. The summed E-state index contributed by atoms with van der Waals surface area (Å²) in [6.07, 6.45) is 4.19. The summed E-state index contributed by atoms with van der Waals surface area (Å²) in [6, 6.07) is 13.2. The smallest absolute Gasteiger partial charge is 0.253 e. The lowest BCUT2D eigenvalue weighted by Gasteiger charge is -2.10. The predicted molar refractivity (Wildman–Crippen MR) is 104 cm³/mol. The van der Waals surface area contributed by atoms with Crippen molar-refractivity contribution < 1.29 is 9.53 Å². The standard InChI is InChI=1S/C20H19N5O2/c1-27-16-4-2-14(3-5-16)25-23-12-15-10-13(6-8-21-15)19-11-17-18(24-19)7-9-22-20(17)26/h2-6,8,10-12,24-25H,7,9H2,1H3,(H,22,26). The van der Waals surface area contributed by atoms with Gasteiger partial charge in [0.1, 0.15) is 5.75 Å². The van der Waals surface area contributed by atoms with Gasteiger partial charge in [-0.3, -0.25) is 15.2 Å². The van der Waals surface area contributed by atoms with E-state index in [1.54, 1.807) is 19.5 Å². The second kappa shape index (κ2) is 7.33. The van der Waals surface area contributed by atoms with Crippen LogP contribution in [-0.2, 0) is 6.42 Å². The third-order valence-corrected chi connectivity index (χ3v) is 4.38. The van der Waals surface area contributed by atoms with Crippen LogP contribution in [0.1, 0.15) is 21.7 Å². The van der Waals surface area contributed by atoms with E-state index >= 15 is 0 Å². The molecular formula is C20H19N5O2. The summed E-state index contributed by atoms with van der Waals surface area (Å²) in [4.78, 5) is 19.6. The zero-order valence-electron chi connectivity index (χ0n) is 14.8. The first kappa shape index (κ1) is 16.8. The van der Waals surface area contributed by atoms with Gasteiger partial charge >= 0.3 is 0 Å². The Morgan fingerprint density at radius 3 is 2.85 bits per heavy atom. The largest absolute Gasteiger partial charge is 0.497 e. The summed E-state index contributed by atoms with van der Waals surface area (Å²) < 4.78 is 5.13. The maximum Gasteiger partial charge on any atom is 0.253 e. The van der Waals surface area contributed by atoms with Crippen molar-refractivity contribution in [2.24, 2.45) is 5.10 Å². The number of nitrogens with zero attached hydrogens (tertiary/aromatic N) is 2. The van der Waals surface area contributed by atoms with E-state index in [0.29, 0.717) is 17.8 Å². The second-order valence-electron chi connectivity index (χ2n) is 6.15. The molecule has 1 aromatic carbocycles. The molecule has 0 spiro atoms. The zero-order chi connectivity index (χ0) is 18.6. The number of rotatable bonds is 5. The number of hydrazone groups is 1. The number of pyridine rings is 1. The van der Waals surface area contributed by atoms with Crippen LogP contribution in [0.3, 0.4) is 0 Å². The summed E-state index contributed by atoms with van der Waals surface area (Å²) >= 11 is 0. The van der Waals surface area contributed by atoms with Gasteiger partial charge in [0.25, 0.3) is 5.91 Å². The minimum absolute atomic E-state index is 0.0294. The maximum atomic E-state index is 11.9. The lowest BCUT2D eigenvalue weighted by Crippen LogP contribution is -2.31. The Kier molecular flexibility index (Phi) is 4.57. The molecule has 1 aliphatic heterocycles. The predicted octanol–water partition coefficient (Wildman–Crippen LogP) is 2.82. The van der Waals surface area contributed by atoms with Crippen LogP contribution in [0.25, 0.3) is 11.3 Å². The van der Waals surface area contributed by atoms with Crippen molar-refractivity contribution in [1.82, 2.24) is 15.3 Å². The molecule has 0 saturated carbocycles. The van der Waals surface area contributed by atoms with E-state index < -0.39 is 0 Å². The van der Waals surface area contributed by atoms with Gasteiger partial charge in [-0.2, -0.15) is 5.10 Å². The van der Waals surface area contributed by atoms with Crippen molar-refractivity contribution in [3.63, 3.8) is 0 Å². The summed E-state index contributed by atoms with van der Waals surface area (Å²) in [5.41, 5.74) is 8.07. The topological polar surface area (TPSA) is 91.4 Å².